The van der Waals surface area contributed by atoms with Crippen molar-refractivity contribution in [3.63, 3.8) is 0 Å². The van der Waals surface area contributed by atoms with Crippen molar-refractivity contribution in [2.24, 2.45) is 11.7 Å². The molecule has 1 aromatic carbocycles. The maximum Gasteiger partial charge on any atom is 0.226 e. The van der Waals surface area contributed by atoms with Gasteiger partial charge < -0.3 is 10.6 Å². The highest BCUT2D eigenvalue weighted by molar-refractivity contribution is 7.80. The van der Waals surface area contributed by atoms with E-state index < -0.39 is 0 Å². The molecule has 0 spiro atoms. The predicted molar refractivity (Wildman–Crippen MR) is 81.0 cm³/mol. The van der Waals surface area contributed by atoms with Gasteiger partial charge in [-0.15, -0.1) is 0 Å². The molecule has 102 valence electrons. The summed E-state index contributed by atoms with van der Waals surface area (Å²) in [5.74, 6) is 0.240. The molecule has 0 fully saturated rings. The number of carbonyl (C=O) groups is 1. The Morgan fingerprint density at radius 3 is 2.42 bits per heavy atom. The second-order valence-corrected chi connectivity index (χ2v) is 5.62. The van der Waals surface area contributed by atoms with Crippen LogP contribution in [0.2, 0.25) is 0 Å². The Morgan fingerprint density at radius 2 is 1.95 bits per heavy atom. The highest BCUT2D eigenvalue weighted by Gasteiger charge is 2.30. The van der Waals surface area contributed by atoms with Crippen molar-refractivity contribution >= 4 is 23.1 Å². The number of nitrogens with two attached hydrogens (primary N) is 1. The van der Waals surface area contributed by atoms with Gasteiger partial charge in [0.1, 0.15) is 0 Å². The normalized spacial score (nSPS) is 14.2. The third-order valence-corrected chi connectivity index (χ3v) is 3.68. The van der Waals surface area contributed by atoms with E-state index in [9.17, 15) is 4.79 Å². The van der Waals surface area contributed by atoms with Gasteiger partial charge in [0.25, 0.3) is 0 Å². The van der Waals surface area contributed by atoms with E-state index >= 15 is 0 Å². The Labute approximate surface area is 119 Å². The average Bonchev–Trinajstić information content (AvgIpc) is 2.80. The molecule has 0 radical (unpaired) electrons. The largest absolute Gasteiger partial charge is 0.392 e. The van der Waals surface area contributed by atoms with Crippen LogP contribution < -0.4 is 5.73 Å². The van der Waals surface area contributed by atoms with E-state index in [2.05, 4.69) is 19.1 Å². The Bertz CT molecular complexity index is 462. The molecule has 1 aromatic rings. The quantitative estimate of drug-likeness (QED) is 0.836. The van der Waals surface area contributed by atoms with Crippen LogP contribution in [0.3, 0.4) is 0 Å². The van der Waals surface area contributed by atoms with E-state index in [-0.39, 0.29) is 11.8 Å². The summed E-state index contributed by atoms with van der Waals surface area (Å²) < 4.78 is 0. The number of fused-ring (bicyclic) bond motifs is 1. The van der Waals surface area contributed by atoms with Crippen LogP contribution in [0.1, 0.15) is 24.5 Å². The summed E-state index contributed by atoms with van der Waals surface area (Å²) in [5, 5.41) is 0. The first-order valence-corrected chi connectivity index (χ1v) is 7.16. The molecule has 1 aliphatic rings. The van der Waals surface area contributed by atoms with Gasteiger partial charge in [-0.1, -0.05) is 43.4 Å². The van der Waals surface area contributed by atoms with Crippen molar-refractivity contribution in [2.45, 2.75) is 26.2 Å². The van der Waals surface area contributed by atoms with Crippen LogP contribution >= 0.6 is 12.2 Å². The second-order valence-electron chi connectivity index (χ2n) is 5.10. The zero-order valence-corrected chi connectivity index (χ0v) is 12.1. The van der Waals surface area contributed by atoms with Gasteiger partial charge in [-0.05, 0) is 30.4 Å². The van der Waals surface area contributed by atoms with Gasteiger partial charge in [0.2, 0.25) is 5.91 Å². The van der Waals surface area contributed by atoms with E-state index in [1.54, 1.807) is 4.90 Å². The lowest BCUT2D eigenvalue weighted by molar-refractivity contribution is -0.134. The van der Waals surface area contributed by atoms with Crippen molar-refractivity contribution in [1.29, 1.82) is 0 Å². The van der Waals surface area contributed by atoms with Gasteiger partial charge in [-0.25, -0.2) is 0 Å². The van der Waals surface area contributed by atoms with Crippen molar-refractivity contribution < 1.29 is 4.79 Å². The number of amides is 1. The monoisotopic (exact) mass is 276 g/mol. The molecule has 19 heavy (non-hydrogen) atoms. The topological polar surface area (TPSA) is 46.3 Å². The molecule has 1 amide bonds. The first-order chi connectivity index (χ1) is 9.11. The van der Waals surface area contributed by atoms with Gasteiger partial charge in [0.05, 0.1) is 11.5 Å². The highest BCUT2D eigenvalue weighted by Crippen LogP contribution is 2.27. The third kappa shape index (κ3) is 3.32. The molecule has 0 atom stereocenters. The maximum absolute atomic E-state index is 12.6. The summed E-state index contributed by atoms with van der Waals surface area (Å²) >= 11 is 4.93. The van der Waals surface area contributed by atoms with E-state index in [4.69, 9.17) is 18.0 Å². The van der Waals surface area contributed by atoms with Gasteiger partial charge in [0.15, 0.2) is 0 Å². The number of hydrogen-bond acceptors (Lipinski definition) is 2. The van der Waals surface area contributed by atoms with E-state index in [0.717, 1.165) is 25.8 Å². The first kappa shape index (κ1) is 14.0. The van der Waals surface area contributed by atoms with Crippen molar-refractivity contribution in [2.75, 3.05) is 13.1 Å². The minimum Gasteiger partial charge on any atom is -0.392 e. The molecular weight excluding hydrogens is 256 g/mol. The molecule has 0 aliphatic heterocycles. The number of hydrogen-bond donors (Lipinski definition) is 1. The molecule has 3 nitrogen and oxygen atoms in total. The van der Waals surface area contributed by atoms with E-state index in [1.807, 2.05) is 12.1 Å². The predicted octanol–water partition coefficient (Wildman–Crippen LogP) is 1.93. The molecule has 2 N–H and O–H groups in total. The van der Waals surface area contributed by atoms with Crippen LogP contribution in [0.25, 0.3) is 0 Å². The zero-order valence-electron chi connectivity index (χ0n) is 11.3. The van der Waals surface area contributed by atoms with Crippen LogP contribution in [0.4, 0.5) is 0 Å². The van der Waals surface area contributed by atoms with Crippen molar-refractivity contribution in [3.05, 3.63) is 35.4 Å². The summed E-state index contributed by atoms with van der Waals surface area (Å²) in [6.07, 6.45) is 2.60. The van der Waals surface area contributed by atoms with Crippen LogP contribution in [-0.2, 0) is 17.6 Å². The minimum atomic E-state index is 0.0540. The molecule has 0 saturated heterocycles. The number of benzene rings is 1. The molecule has 0 unspecified atom stereocenters. The van der Waals surface area contributed by atoms with Gasteiger partial charge in [-0.2, -0.15) is 0 Å². The Morgan fingerprint density at radius 1 is 1.37 bits per heavy atom. The fraction of sp³-hybridized carbons (Fsp3) is 0.467. The van der Waals surface area contributed by atoms with Crippen LogP contribution in [-0.4, -0.2) is 28.9 Å². The standard InChI is InChI=1S/C15H20N2OS/c1-2-7-17(10-14(16)19)15(18)13-8-11-5-3-4-6-12(11)9-13/h3-6,13H,2,7-10H2,1H3,(H2,16,19). The number of carbonyl (C=O) groups excluding carboxylic acids is 1. The first-order valence-electron chi connectivity index (χ1n) is 6.75. The molecule has 4 heteroatoms. The fourth-order valence-electron chi connectivity index (χ4n) is 2.72. The fourth-order valence-corrected chi connectivity index (χ4v) is 2.87. The number of rotatable bonds is 5. The lowest BCUT2D eigenvalue weighted by Crippen LogP contribution is -2.41. The summed E-state index contributed by atoms with van der Waals surface area (Å²) in [6, 6.07) is 8.29. The van der Waals surface area contributed by atoms with Crippen molar-refractivity contribution in [1.82, 2.24) is 4.90 Å². The summed E-state index contributed by atoms with van der Waals surface area (Å²) in [4.78, 5) is 14.7. The molecule has 0 saturated carbocycles. The number of nitrogens with zero attached hydrogens (tertiary/aromatic N) is 1. The SMILES string of the molecule is CCCN(CC(N)=S)C(=O)C1Cc2ccccc2C1. The maximum atomic E-state index is 12.6. The average molecular weight is 276 g/mol. The Balaban J connectivity index is 2.06. The van der Waals surface area contributed by atoms with Gasteiger partial charge in [0, 0.05) is 12.5 Å². The van der Waals surface area contributed by atoms with E-state index in [1.165, 1.54) is 11.1 Å². The minimum absolute atomic E-state index is 0.0540. The van der Waals surface area contributed by atoms with Gasteiger partial charge >= 0.3 is 0 Å². The molecule has 0 heterocycles. The second kappa shape index (κ2) is 6.15. The summed E-state index contributed by atoms with van der Waals surface area (Å²) in [6.45, 7) is 3.18. The van der Waals surface area contributed by atoms with E-state index in [0.29, 0.717) is 11.5 Å². The van der Waals surface area contributed by atoms with Crippen LogP contribution in [0.15, 0.2) is 24.3 Å². The molecule has 2 rings (SSSR count). The summed E-state index contributed by atoms with van der Waals surface area (Å²) in [7, 11) is 0. The Kier molecular flexibility index (Phi) is 4.53. The Hall–Kier alpha value is -1.42. The van der Waals surface area contributed by atoms with Crippen LogP contribution in [0, 0.1) is 5.92 Å². The zero-order chi connectivity index (χ0) is 13.8. The van der Waals surface area contributed by atoms with Crippen molar-refractivity contribution in [3.8, 4) is 0 Å². The molecule has 1 aliphatic carbocycles. The number of thiocarbonyl (C=S) groups is 1. The third-order valence-electron chi connectivity index (χ3n) is 3.55. The summed E-state index contributed by atoms with van der Waals surface area (Å²) in [5.41, 5.74) is 8.18. The highest BCUT2D eigenvalue weighted by atomic mass is 32.1. The lowest BCUT2D eigenvalue weighted by Gasteiger charge is -2.24. The van der Waals surface area contributed by atoms with Gasteiger partial charge in [-0.3, -0.25) is 4.79 Å². The lowest BCUT2D eigenvalue weighted by atomic mass is 10.0. The molecule has 0 bridgehead atoms. The smallest absolute Gasteiger partial charge is 0.226 e. The van der Waals surface area contributed by atoms with Crippen LogP contribution in [0.5, 0.6) is 0 Å². The molecule has 0 aromatic heterocycles. The molecular formula is C15H20N2OS.